The summed E-state index contributed by atoms with van der Waals surface area (Å²) in [4.78, 5) is 38.4. The highest BCUT2D eigenvalue weighted by Gasteiger charge is 2.54. The predicted octanol–water partition coefficient (Wildman–Crippen LogP) is 2.58. The van der Waals surface area contributed by atoms with Crippen LogP contribution in [0.15, 0.2) is 53.5 Å². The lowest BCUT2D eigenvalue weighted by atomic mass is 10.1. The van der Waals surface area contributed by atoms with Gasteiger partial charge in [-0.3, -0.25) is 9.69 Å². The molecule has 0 spiro atoms. The molecule has 0 aliphatic carbocycles. The van der Waals surface area contributed by atoms with Crippen molar-refractivity contribution in [2.45, 2.75) is 32.6 Å². The zero-order valence-electron chi connectivity index (χ0n) is 17.4. The Morgan fingerprint density at radius 2 is 1.57 bits per heavy atom. The van der Waals surface area contributed by atoms with Crippen LogP contribution in [0, 0.1) is 13.8 Å². The molecule has 3 amide bonds. The zero-order valence-corrected chi connectivity index (χ0v) is 17.4. The van der Waals surface area contributed by atoms with Crippen LogP contribution in [-0.4, -0.2) is 64.9 Å². The van der Waals surface area contributed by atoms with E-state index in [1.807, 2.05) is 31.2 Å². The summed E-state index contributed by atoms with van der Waals surface area (Å²) in [5.41, 5.74) is 4.34. The second kappa shape index (κ2) is 6.86. The molecule has 2 aromatic carbocycles. The molecule has 2 saturated heterocycles. The predicted molar refractivity (Wildman–Crippen MR) is 115 cm³/mol. The molecule has 154 valence electrons. The van der Waals surface area contributed by atoms with Crippen molar-refractivity contribution in [1.29, 1.82) is 0 Å². The minimum Gasteiger partial charge on any atom is -0.325 e. The molecule has 5 rings (SSSR count). The van der Waals surface area contributed by atoms with Crippen molar-refractivity contribution in [2.75, 3.05) is 25.0 Å². The molecule has 7 nitrogen and oxygen atoms in total. The number of likely N-dealkylation sites (N-methyl/N-ethyl adjacent to an activating group) is 1. The molecule has 0 saturated carbocycles. The van der Waals surface area contributed by atoms with E-state index in [0.717, 1.165) is 29.3 Å². The van der Waals surface area contributed by atoms with Gasteiger partial charge in [-0.2, -0.15) is 0 Å². The molecule has 0 aromatic heterocycles. The average molecular weight is 403 g/mol. The fourth-order valence-electron chi connectivity index (χ4n) is 4.43. The van der Waals surface area contributed by atoms with E-state index < -0.39 is 12.2 Å². The molecule has 2 fully saturated rings. The Morgan fingerprint density at radius 3 is 2.23 bits per heavy atom. The van der Waals surface area contributed by atoms with Gasteiger partial charge in [-0.15, -0.1) is 0 Å². The molecule has 30 heavy (non-hydrogen) atoms. The molecule has 3 heterocycles. The molecule has 2 atom stereocenters. The highest BCUT2D eigenvalue weighted by atomic mass is 16.2. The maximum atomic E-state index is 13.4. The van der Waals surface area contributed by atoms with Crippen LogP contribution >= 0.6 is 0 Å². The normalized spacial score (nSPS) is 23.1. The van der Waals surface area contributed by atoms with Gasteiger partial charge >= 0.3 is 6.03 Å². The third-order valence-electron chi connectivity index (χ3n) is 6.18. The first kappa shape index (κ1) is 18.7. The van der Waals surface area contributed by atoms with Gasteiger partial charge in [-0.05, 0) is 31.5 Å². The number of carbonyl (C=O) groups excluding carboxylic acids is 2. The lowest BCUT2D eigenvalue weighted by Crippen LogP contribution is -2.64. The lowest BCUT2D eigenvalue weighted by Gasteiger charge is -2.40. The van der Waals surface area contributed by atoms with E-state index in [2.05, 4.69) is 41.0 Å². The number of hydrogen-bond donors (Lipinski definition) is 0. The van der Waals surface area contributed by atoms with Crippen LogP contribution in [0.2, 0.25) is 0 Å². The summed E-state index contributed by atoms with van der Waals surface area (Å²) in [6, 6.07) is 15.5. The summed E-state index contributed by atoms with van der Waals surface area (Å²) in [7, 11) is 1.73. The highest BCUT2D eigenvalue weighted by Crippen LogP contribution is 2.33. The van der Waals surface area contributed by atoms with Gasteiger partial charge < -0.3 is 14.7 Å². The second-order valence-electron chi connectivity index (χ2n) is 8.27. The number of imide groups is 1. The smallest absolute Gasteiger partial charge is 0.325 e. The van der Waals surface area contributed by atoms with Crippen LogP contribution in [-0.2, 0) is 11.3 Å². The third-order valence-corrected chi connectivity index (χ3v) is 6.18. The van der Waals surface area contributed by atoms with Gasteiger partial charge in [0.05, 0.1) is 6.54 Å². The number of aryl methyl sites for hydroxylation is 2. The maximum Gasteiger partial charge on any atom is 0.328 e. The van der Waals surface area contributed by atoms with Gasteiger partial charge in [-0.25, -0.2) is 9.79 Å². The number of hydrogen-bond acceptors (Lipinski definition) is 5. The Kier molecular flexibility index (Phi) is 4.27. The van der Waals surface area contributed by atoms with E-state index in [1.165, 1.54) is 10.5 Å². The Bertz CT molecular complexity index is 1030. The molecular weight excluding hydrogens is 378 g/mol. The summed E-state index contributed by atoms with van der Waals surface area (Å²) < 4.78 is 0. The molecule has 0 N–H and O–H groups in total. The van der Waals surface area contributed by atoms with Crippen molar-refractivity contribution < 1.29 is 9.59 Å². The van der Waals surface area contributed by atoms with E-state index >= 15 is 0 Å². The number of carbonyl (C=O) groups is 2. The van der Waals surface area contributed by atoms with Crippen molar-refractivity contribution >= 4 is 23.6 Å². The number of rotatable bonds is 3. The van der Waals surface area contributed by atoms with E-state index in [9.17, 15) is 9.59 Å². The summed E-state index contributed by atoms with van der Waals surface area (Å²) in [6.45, 7) is 5.83. The molecule has 0 radical (unpaired) electrons. The standard InChI is InChI=1S/C23H25N5O2/c1-15-4-8-17(9-5-15)14-28-21(29)19-20(25(3)23(28)30)24-22-26(12-13-27(19)22)18-10-6-16(2)7-11-18/h4-11,19-20H,12-14H2,1-3H3. The Morgan fingerprint density at radius 1 is 0.933 bits per heavy atom. The summed E-state index contributed by atoms with van der Waals surface area (Å²) >= 11 is 0. The lowest BCUT2D eigenvalue weighted by molar-refractivity contribution is -0.137. The third kappa shape index (κ3) is 2.84. The number of guanidine groups is 1. The fourth-order valence-corrected chi connectivity index (χ4v) is 4.43. The zero-order chi connectivity index (χ0) is 21.0. The monoisotopic (exact) mass is 403 g/mol. The van der Waals surface area contributed by atoms with Crippen LogP contribution < -0.4 is 4.90 Å². The summed E-state index contributed by atoms with van der Waals surface area (Å²) in [6.07, 6.45) is -0.484. The van der Waals surface area contributed by atoms with Gasteiger partial charge in [0.2, 0.25) is 5.96 Å². The van der Waals surface area contributed by atoms with E-state index in [4.69, 9.17) is 4.99 Å². The second-order valence-corrected chi connectivity index (χ2v) is 8.27. The SMILES string of the molecule is Cc1ccc(CN2C(=O)C3C(N=C4N(c5ccc(C)cc5)CCN43)N(C)C2=O)cc1. The number of urea groups is 1. The first-order chi connectivity index (χ1) is 14.4. The average Bonchev–Trinajstić information content (AvgIpc) is 3.31. The summed E-state index contributed by atoms with van der Waals surface area (Å²) in [5.74, 6) is 0.604. The van der Waals surface area contributed by atoms with Crippen LogP contribution in [0.25, 0.3) is 0 Å². The Balaban J connectivity index is 1.43. The van der Waals surface area contributed by atoms with Crippen LogP contribution in [0.3, 0.4) is 0 Å². The molecule has 2 unspecified atom stereocenters. The van der Waals surface area contributed by atoms with Gasteiger partial charge in [0.25, 0.3) is 5.91 Å². The summed E-state index contributed by atoms with van der Waals surface area (Å²) in [5, 5.41) is 0. The molecule has 0 bridgehead atoms. The molecule has 2 aromatic rings. The van der Waals surface area contributed by atoms with Gasteiger partial charge in [0.15, 0.2) is 12.2 Å². The molecule has 3 aliphatic heterocycles. The van der Waals surface area contributed by atoms with Crippen molar-refractivity contribution in [3.05, 3.63) is 65.2 Å². The van der Waals surface area contributed by atoms with E-state index in [0.29, 0.717) is 6.54 Å². The van der Waals surface area contributed by atoms with Crippen molar-refractivity contribution in [3.8, 4) is 0 Å². The number of benzene rings is 2. The number of fused-ring (bicyclic) bond motifs is 3. The minimum atomic E-state index is -0.484. The number of anilines is 1. The largest absolute Gasteiger partial charge is 0.328 e. The van der Waals surface area contributed by atoms with Crippen molar-refractivity contribution in [2.24, 2.45) is 4.99 Å². The highest BCUT2D eigenvalue weighted by molar-refractivity contribution is 6.07. The molecule has 7 heteroatoms. The Hall–Kier alpha value is -3.35. The van der Waals surface area contributed by atoms with Crippen molar-refractivity contribution in [1.82, 2.24) is 14.7 Å². The van der Waals surface area contributed by atoms with Gasteiger partial charge in [-0.1, -0.05) is 47.5 Å². The number of amides is 3. The van der Waals surface area contributed by atoms with Crippen LogP contribution in [0.1, 0.15) is 16.7 Å². The van der Waals surface area contributed by atoms with Gasteiger partial charge in [0.1, 0.15) is 0 Å². The minimum absolute atomic E-state index is 0.173. The quantitative estimate of drug-likeness (QED) is 0.791. The topological polar surface area (TPSA) is 59.5 Å². The van der Waals surface area contributed by atoms with E-state index in [-0.39, 0.29) is 18.5 Å². The maximum absolute atomic E-state index is 13.4. The van der Waals surface area contributed by atoms with Gasteiger partial charge in [0, 0.05) is 25.8 Å². The molecule has 3 aliphatic rings. The number of aliphatic imine (C=N–C) groups is 1. The van der Waals surface area contributed by atoms with Crippen LogP contribution in [0.5, 0.6) is 0 Å². The van der Waals surface area contributed by atoms with Crippen LogP contribution in [0.4, 0.5) is 10.5 Å². The Labute approximate surface area is 176 Å². The first-order valence-corrected chi connectivity index (χ1v) is 10.3. The number of nitrogens with zero attached hydrogens (tertiary/aromatic N) is 5. The molecular formula is C23H25N5O2. The van der Waals surface area contributed by atoms with Crippen molar-refractivity contribution in [3.63, 3.8) is 0 Å². The van der Waals surface area contributed by atoms with E-state index in [1.54, 1.807) is 11.9 Å². The fraction of sp³-hybridized carbons (Fsp3) is 0.348. The first-order valence-electron chi connectivity index (χ1n) is 10.3.